The molecule has 0 unspecified atom stereocenters. The van der Waals surface area contributed by atoms with E-state index in [0.717, 1.165) is 0 Å². The summed E-state index contributed by atoms with van der Waals surface area (Å²) in [6, 6.07) is -1.36. The number of thiol groups is 1. The standard InChI is InChI=1S/C11H15F3N2O4S/c12-11(13,14)9(19)20-8(18)7(16-6-17)10(5-21)1-3-15-4-2-10/h6-7,15,21H,1-5H2,(H,16,17)/t7-/m1/s1. The maximum Gasteiger partial charge on any atom is 0.491 e. The van der Waals surface area contributed by atoms with E-state index in [1.807, 2.05) is 0 Å². The molecule has 0 aromatic heterocycles. The van der Waals surface area contributed by atoms with E-state index >= 15 is 0 Å². The van der Waals surface area contributed by atoms with E-state index in [1.54, 1.807) is 0 Å². The van der Waals surface area contributed by atoms with Crippen LogP contribution in [0.1, 0.15) is 12.8 Å². The summed E-state index contributed by atoms with van der Waals surface area (Å²) in [5, 5.41) is 5.17. The van der Waals surface area contributed by atoms with Gasteiger partial charge >= 0.3 is 18.1 Å². The van der Waals surface area contributed by atoms with Crippen molar-refractivity contribution in [2.24, 2.45) is 5.41 Å². The van der Waals surface area contributed by atoms with Crippen molar-refractivity contribution in [3.63, 3.8) is 0 Å². The maximum atomic E-state index is 12.1. The number of carbonyl (C=O) groups is 3. The number of nitrogens with one attached hydrogen (secondary N) is 2. The maximum absolute atomic E-state index is 12.1. The molecule has 1 aliphatic heterocycles. The van der Waals surface area contributed by atoms with E-state index < -0.39 is 29.6 Å². The summed E-state index contributed by atoms with van der Waals surface area (Å²) < 4.78 is 40.2. The summed E-state index contributed by atoms with van der Waals surface area (Å²) in [5.74, 6) is -3.89. The lowest BCUT2D eigenvalue weighted by Crippen LogP contribution is -2.56. The number of alkyl halides is 3. The van der Waals surface area contributed by atoms with Crippen molar-refractivity contribution in [1.29, 1.82) is 0 Å². The summed E-state index contributed by atoms with van der Waals surface area (Å²) in [4.78, 5) is 33.2. The molecule has 0 saturated carbocycles. The molecule has 0 aromatic carbocycles. The summed E-state index contributed by atoms with van der Waals surface area (Å²) in [5.41, 5.74) is -0.863. The Morgan fingerprint density at radius 1 is 1.38 bits per heavy atom. The lowest BCUT2D eigenvalue weighted by atomic mass is 9.74. The van der Waals surface area contributed by atoms with E-state index in [1.165, 1.54) is 0 Å². The van der Waals surface area contributed by atoms with Crippen molar-refractivity contribution in [3.8, 4) is 0 Å². The summed E-state index contributed by atoms with van der Waals surface area (Å²) in [6.07, 6.45) is -4.28. The molecule has 0 spiro atoms. The highest BCUT2D eigenvalue weighted by Crippen LogP contribution is 2.35. The first-order valence-electron chi connectivity index (χ1n) is 6.11. The van der Waals surface area contributed by atoms with Crippen LogP contribution in [0.2, 0.25) is 0 Å². The highest BCUT2D eigenvalue weighted by atomic mass is 32.1. The van der Waals surface area contributed by atoms with E-state index in [-0.39, 0.29) is 12.2 Å². The van der Waals surface area contributed by atoms with Crippen LogP contribution >= 0.6 is 12.6 Å². The SMILES string of the molecule is O=CN[C@H](C(=O)OC(=O)C(F)(F)F)C1(CS)CCNCC1. The van der Waals surface area contributed by atoms with Gasteiger partial charge in [0.2, 0.25) is 6.41 Å². The Morgan fingerprint density at radius 2 is 1.95 bits per heavy atom. The van der Waals surface area contributed by atoms with Crippen LogP contribution in [0.15, 0.2) is 0 Å². The van der Waals surface area contributed by atoms with Crippen molar-refractivity contribution >= 4 is 31.0 Å². The molecular formula is C11H15F3N2O4S. The molecule has 1 rings (SSSR count). The van der Waals surface area contributed by atoms with Crippen molar-refractivity contribution < 1.29 is 32.3 Å². The Balaban J connectivity index is 2.91. The van der Waals surface area contributed by atoms with E-state index in [0.29, 0.717) is 25.9 Å². The molecule has 1 heterocycles. The number of carbonyl (C=O) groups excluding carboxylic acids is 3. The van der Waals surface area contributed by atoms with Gasteiger partial charge in [-0.05, 0) is 31.7 Å². The topological polar surface area (TPSA) is 84.5 Å². The molecule has 120 valence electrons. The van der Waals surface area contributed by atoms with E-state index in [4.69, 9.17) is 0 Å². The van der Waals surface area contributed by atoms with Crippen LogP contribution in [0.3, 0.4) is 0 Å². The van der Waals surface area contributed by atoms with E-state index in [2.05, 4.69) is 28.0 Å². The monoisotopic (exact) mass is 328 g/mol. The van der Waals surface area contributed by atoms with E-state index in [9.17, 15) is 27.6 Å². The Hall–Kier alpha value is -1.29. The quantitative estimate of drug-likeness (QED) is 0.287. The van der Waals surface area contributed by atoms with Gasteiger partial charge in [-0.1, -0.05) is 0 Å². The second-order valence-corrected chi connectivity index (χ2v) is 5.01. The van der Waals surface area contributed by atoms with Gasteiger partial charge in [0.15, 0.2) is 0 Å². The van der Waals surface area contributed by atoms with Crippen LogP contribution in [0.4, 0.5) is 13.2 Å². The first-order chi connectivity index (χ1) is 9.77. The molecule has 0 radical (unpaired) electrons. The van der Waals surface area contributed by atoms with Gasteiger partial charge in [0, 0.05) is 5.41 Å². The molecule has 0 aliphatic carbocycles. The average molecular weight is 328 g/mol. The predicted molar refractivity (Wildman–Crippen MR) is 68.5 cm³/mol. The fourth-order valence-electron chi connectivity index (χ4n) is 2.23. The van der Waals surface area contributed by atoms with Gasteiger partial charge in [0.1, 0.15) is 6.04 Å². The van der Waals surface area contributed by atoms with Gasteiger partial charge in [0.25, 0.3) is 0 Å². The third-order valence-electron chi connectivity index (χ3n) is 3.42. The predicted octanol–water partition coefficient (Wildman–Crippen LogP) is 0.0327. The summed E-state index contributed by atoms with van der Waals surface area (Å²) in [7, 11) is 0. The Kier molecular flexibility index (Phi) is 6.02. The minimum absolute atomic E-state index is 0.148. The van der Waals surface area contributed by atoms with Crippen molar-refractivity contribution in [2.75, 3.05) is 18.8 Å². The van der Waals surface area contributed by atoms with Gasteiger partial charge in [-0.25, -0.2) is 9.59 Å². The number of ether oxygens (including phenoxy) is 1. The van der Waals surface area contributed by atoms with Gasteiger partial charge in [-0.2, -0.15) is 25.8 Å². The molecule has 21 heavy (non-hydrogen) atoms. The minimum Gasteiger partial charge on any atom is -0.385 e. The highest BCUT2D eigenvalue weighted by molar-refractivity contribution is 7.80. The van der Waals surface area contributed by atoms with Crippen molar-refractivity contribution in [3.05, 3.63) is 0 Å². The Morgan fingerprint density at radius 3 is 2.38 bits per heavy atom. The lowest BCUT2D eigenvalue weighted by molar-refractivity contribution is -0.203. The third kappa shape index (κ3) is 4.34. The second-order valence-electron chi connectivity index (χ2n) is 4.69. The molecule has 1 amide bonds. The molecule has 1 aliphatic rings. The normalized spacial score (nSPS) is 19.4. The zero-order valence-corrected chi connectivity index (χ0v) is 11.8. The zero-order valence-electron chi connectivity index (χ0n) is 10.9. The van der Waals surface area contributed by atoms with Crippen LogP contribution in [0.5, 0.6) is 0 Å². The zero-order chi connectivity index (χ0) is 16.1. The summed E-state index contributed by atoms with van der Waals surface area (Å²) >= 11 is 4.12. The number of hydrogen-bond acceptors (Lipinski definition) is 6. The van der Waals surface area contributed by atoms with Gasteiger partial charge < -0.3 is 15.4 Å². The van der Waals surface area contributed by atoms with Crippen LogP contribution < -0.4 is 10.6 Å². The lowest BCUT2D eigenvalue weighted by Gasteiger charge is -2.41. The van der Waals surface area contributed by atoms with Crippen molar-refractivity contribution in [1.82, 2.24) is 10.6 Å². The molecule has 2 N–H and O–H groups in total. The minimum atomic E-state index is -5.27. The molecule has 0 bridgehead atoms. The number of hydrogen-bond donors (Lipinski definition) is 3. The van der Waals surface area contributed by atoms with Gasteiger partial charge in [-0.3, -0.25) is 4.79 Å². The number of rotatable bonds is 5. The van der Waals surface area contributed by atoms with Crippen LogP contribution in [-0.2, 0) is 19.1 Å². The Bertz CT molecular complexity index is 411. The summed E-state index contributed by atoms with van der Waals surface area (Å²) in [6.45, 7) is 1.02. The van der Waals surface area contributed by atoms with Crippen molar-refractivity contribution in [2.45, 2.75) is 25.1 Å². The van der Waals surface area contributed by atoms with Gasteiger partial charge in [0.05, 0.1) is 0 Å². The second kappa shape index (κ2) is 7.12. The van der Waals surface area contributed by atoms with Crippen LogP contribution in [0, 0.1) is 5.41 Å². The molecule has 10 heteroatoms. The Labute approximate surface area is 124 Å². The smallest absolute Gasteiger partial charge is 0.385 e. The molecular weight excluding hydrogens is 313 g/mol. The first kappa shape index (κ1) is 17.8. The number of amides is 1. The molecule has 1 saturated heterocycles. The number of halogens is 3. The average Bonchev–Trinajstić information content (AvgIpc) is 2.44. The fourth-order valence-corrected chi connectivity index (χ4v) is 2.73. The van der Waals surface area contributed by atoms with Gasteiger partial charge in [-0.15, -0.1) is 0 Å². The molecule has 1 fully saturated rings. The molecule has 0 aromatic rings. The van der Waals surface area contributed by atoms with Crippen LogP contribution in [0.25, 0.3) is 0 Å². The third-order valence-corrected chi connectivity index (χ3v) is 4.05. The molecule has 1 atom stereocenters. The molecule has 6 nitrogen and oxygen atoms in total. The number of esters is 2. The van der Waals surface area contributed by atoms with Crippen LogP contribution in [-0.4, -0.2) is 49.4 Å². The fraction of sp³-hybridized carbons (Fsp3) is 0.727. The highest BCUT2D eigenvalue weighted by Gasteiger charge is 2.48. The number of piperidine rings is 1. The largest absolute Gasteiger partial charge is 0.491 e. The first-order valence-corrected chi connectivity index (χ1v) is 6.74.